The zero-order chi connectivity index (χ0) is 17.0. The number of nitriles is 1. The van der Waals surface area contributed by atoms with Crippen molar-refractivity contribution in [3.63, 3.8) is 0 Å². The summed E-state index contributed by atoms with van der Waals surface area (Å²) in [6, 6.07) is 1.77. The van der Waals surface area contributed by atoms with Gasteiger partial charge in [-0.05, 0) is 34.6 Å². The minimum atomic E-state index is -0.691. The summed E-state index contributed by atoms with van der Waals surface area (Å²) in [5.74, 6) is -0.931. The van der Waals surface area contributed by atoms with Crippen molar-refractivity contribution >= 4 is 11.9 Å². The first-order chi connectivity index (χ1) is 9.65. The standard InChI is InChI=1S/C8H14O3.C7H9NO2/c1-5-10-7(4)11-8(9)6(2)3;1-5(2)7(9)10-6(3)4-8/h7H,2,5H2,1,3-4H3;6H,1H2,2-3H3. The van der Waals surface area contributed by atoms with Gasteiger partial charge < -0.3 is 14.2 Å². The van der Waals surface area contributed by atoms with Crippen molar-refractivity contribution in [1.29, 1.82) is 5.26 Å². The molecule has 0 spiro atoms. The van der Waals surface area contributed by atoms with Gasteiger partial charge in [-0.2, -0.15) is 5.26 Å². The predicted octanol–water partition coefficient (Wildman–Crippen LogP) is 2.51. The van der Waals surface area contributed by atoms with Crippen LogP contribution in [0.1, 0.15) is 34.6 Å². The number of rotatable bonds is 6. The molecule has 0 aromatic heterocycles. The van der Waals surface area contributed by atoms with Crippen LogP contribution >= 0.6 is 0 Å². The van der Waals surface area contributed by atoms with Gasteiger partial charge in [-0.15, -0.1) is 0 Å². The third kappa shape index (κ3) is 12.6. The van der Waals surface area contributed by atoms with Gasteiger partial charge in [0.15, 0.2) is 12.4 Å². The first-order valence-electron chi connectivity index (χ1n) is 6.39. The minimum absolute atomic E-state index is 0.307. The molecule has 21 heavy (non-hydrogen) atoms. The van der Waals surface area contributed by atoms with Crippen LogP contribution in [0.3, 0.4) is 0 Å². The van der Waals surface area contributed by atoms with E-state index in [0.717, 1.165) is 0 Å². The summed E-state index contributed by atoms with van der Waals surface area (Å²) in [7, 11) is 0. The van der Waals surface area contributed by atoms with Gasteiger partial charge in [0, 0.05) is 17.8 Å². The van der Waals surface area contributed by atoms with Crippen molar-refractivity contribution in [2.75, 3.05) is 6.61 Å². The zero-order valence-electron chi connectivity index (χ0n) is 13.3. The molecule has 0 radical (unpaired) electrons. The van der Waals surface area contributed by atoms with E-state index in [-0.39, 0.29) is 0 Å². The topological polar surface area (TPSA) is 85.6 Å². The zero-order valence-corrected chi connectivity index (χ0v) is 13.3. The van der Waals surface area contributed by atoms with Crippen LogP contribution in [-0.2, 0) is 23.8 Å². The van der Waals surface area contributed by atoms with Crippen LogP contribution in [0.2, 0.25) is 0 Å². The van der Waals surface area contributed by atoms with Gasteiger partial charge in [-0.1, -0.05) is 13.2 Å². The maximum Gasteiger partial charge on any atom is 0.335 e. The van der Waals surface area contributed by atoms with Gasteiger partial charge in [-0.3, -0.25) is 0 Å². The Morgan fingerprint density at radius 3 is 1.86 bits per heavy atom. The highest BCUT2D eigenvalue weighted by atomic mass is 16.7. The third-order valence-corrected chi connectivity index (χ3v) is 1.84. The molecule has 0 bridgehead atoms. The largest absolute Gasteiger partial charge is 0.444 e. The maximum absolute atomic E-state index is 10.8. The fraction of sp³-hybridized carbons (Fsp3) is 0.533. The summed E-state index contributed by atoms with van der Waals surface area (Å²) < 4.78 is 14.3. The number of hydrogen-bond donors (Lipinski definition) is 0. The fourth-order valence-corrected chi connectivity index (χ4v) is 0.808. The molecule has 0 N–H and O–H groups in total. The Morgan fingerprint density at radius 2 is 1.52 bits per heavy atom. The lowest BCUT2D eigenvalue weighted by molar-refractivity contribution is -0.169. The van der Waals surface area contributed by atoms with E-state index in [1.165, 1.54) is 13.8 Å². The summed E-state index contributed by atoms with van der Waals surface area (Å²) in [5.41, 5.74) is 0.693. The van der Waals surface area contributed by atoms with Crippen molar-refractivity contribution in [2.24, 2.45) is 0 Å². The molecule has 6 heteroatoms. The van der Waals surface area contributed by atoms with E-state index in [1.54, 1.807) is 19.9 Å². The van der Waals surface area contributed by atoms with E-state index < -0.39 is 24.3 Å². The summed E-state index contributed by atoms with van der Waals surface area (Å²) >= 11 is 0. The molecule has 0 aliphatic carbocycles. The molecule has 0 aromatic carbocycles. The second-order valence-corrected chi connectivity index (χ2v) is 4.17. The molecule has 0 fully saturated rings. The molecule has 0 saturated carbocycles. The number of esters is 2. The van der Waals surface area contributed by atoms with Crippen LogP contribution in [-0.4, -0.2) is 30.9 Å². The van der Waals surface area contributed by atoms with Crippen LogP contribution in [0.25, 0.3) is 0 Å². The average Bonchev–Trinajstić information content (AvgIpc) is 2.39. The van der Waals surface area contributed by atoms with Gasteiger partial charge >= 0.3 is 11.9 Å². The normalized spacial score (nSPS) is 11.8. The first kappa shape index (κ1) is 21.2. The van der Waals surface area contributed by atoms with Crippen LogP contribution in [0.15, 0.2) is 24.3 Å². The van der Waals surface area contributed by atoms with E-state index in [0.29, 0.717) is 17.8 Å². The lowest BCUT2D eigenvalue weighted by atomic mass is 10.3. The van der Waals surface area contributed by atoms with Crippen molar-refractivity contribution < 1.29 is 23.8 Å². The highest BCUT2D eigenvalue weighted by Gasteiger charge is 2.08. The molecule has 0 rings (SSSR count). The average molecular weight is 297 g/mol. The van der Waals surface area contributed by atoms with Crippen molar-refractivity contribution in [3.8, 4) is 6.07 Å². The maximum atomic E-state index is 10.8. The van der Waals surface area contributed by atoms with Gasteiger partial charge in [0.2, 0.25) is 0 Å². The molecule has 0 aliphatic rings. The van der Waals surface area contributed by atoms with Crippen LogP contribution in [0.5, 0.6) is 0 Å². The Hall–Kier alpha value is -2.13. The minimum Gasteiger partial charge on any atom is -0.444 e. The highest BCUT2D eigenvalue weighted by molar-refractivity contribution is 5.87. The predicted molar refractivity (Wildman–Crippen MR) is 78.0 cm³/mol. The van der Waals surface area contributed by atoms with Crippen LogP contribution in [0, 0.1) is 11.3 Å². The van der Waals surface area contributed by atoms with Gasteiger partial charge in [-0.25, -0.2) is 9.59 Å². The summed E-state index contributed by atoms with van der Waals surface area (Å²) in [6.07, 6.45) is -1.17. The molecular formula is C15H23NO5. The smallest absolute Gasteiger partial charge is 0.335 e. The number of carbonyl (C=O) groups is 2. The molecule has 0 saturated heterocycles. The number of hydrogen-bond acceptors (Lipinski definition) is 6. The Bertz CT molecular complexity index is 422. The molecule has 0 aliphatic heterocycles. The molecule has 0 heterocycles. The summed E-state index contributed by atoms with van der Waals surface area (Å²) in [5, 5.41) is 8.21. The highest BCUT2D eigenvalue weighted by Crippen LogP contribution is 1.99. The monoisotopic (exact) mass is 297 g/mol. The second-order valence-electron chi connectivity index (χ2n) is 4.17. The van der Waals surface area contributed by atoms with E-state index in [4.69, 9.17) is 14.7 Å². The summed E-state index contributed by atoms with van der Waals surface area (Å²) in [4.78, 5) is 21.5. The van der Waals surface area contributed by atoms with E-state index in [9.17, 15) is 9.59 Å². The van der Waals surface area contributed by atoms with E-state index >= 15 is 0 Å². The quantitative estimate of drug-likeness (QED) is 0.425. The van der Waals surface area contributed by atoms with Gasteiger partial charge in [0.25, 0.3) is 0 Å². The molecule has 118 valence electrons. The van der Waals surface area contributed by atoms with Crippen molar-refractivity contribution in [2.45, 2.75) is 47.0 Å². The molecule has 2 atom stereocenters. The second kappa shape index (κ2) is 11.7. The lowest BCUT2D eigenvalue weighted by Crippen LogP contribution is -2.18. The Labute approximate surface area is 126 Å². The number of nitrogens with zero attached hydrogens (tertiary/aromatic N) is 1. The lowest BCUT2D eigenvalue weighted by Gasteiger charge is -2.11. The SMILES string of the molecule is C=C(C)C(=O)OC(C)C#N.C=C(C)C(=O)OC(C)OCC. The van der Waals surface area contributed by atoms with Crippen molar-refractivity contribution in [1.82, 2.24) is 0 Å². The first-order valence-corrected chi connectivity index (χ1v) is 6.39. The molecule has 0 amide bonds. The third-order valence-electron chi connectivity index (χ3n) is 1.84. The molecular weight excluding hydrogens is 274 g/mol. The van der Waals surface area contributed by atoms with Crippen LogP contribution < -0.4 is 0 Å². The Kier molecular flexibility index (Phi) is 11.8. The van der Waals surface area contributed by atoms with Gasteiger partial charge in [0.05, 0.1) is 0 Å². The number of ether oxygens (including phenoxy) is 3. The van der Waals surface area contributed by atoms with Crippen LogP contribution in [0.4, 0.5) is 0 Å². The summed E-state index contributed by atoms with van der Waals surface area (Å²) in [6.45, 7) is 15.5. The number of carbonyl (C=O) groups excluding carboxylic acids is 2. The van der Waals surface area contributed by atoms with E-state index in [2.05, 4.69) is 17.9 Å². The molecule has 0 aromatic rings. The Balaban J connectivity index is 0. The Morgan fingerprint density at radius 1 is 1.10 bits per heavy atom. The molecule has 2 unspecified atom stereocenters. The molecule has 6 nitrogen and oxygen atoms in total. The fourth-order valence-electron chi connectivity index (χ4n) is 0.808. The van der Waals surface area contributed by atoms with E-state index in [1.807, 2.05) is 6.92 Å². The van der Waals surface area contributed by atoms with Gasteiger partial charge in [0.1, 0.15) is 6.07 Å². The van der Waals surface area contributed by atoms with Crippen molar-refractivity contribution in [3.05, 3.63) is 24.3 Å².